The number of nitrogens with two attached hydrogens (primary N) is 2. The van der Waals surface area contributed by atoms with Crippen LogP contribution in [0.2, 0.25) is 0 Å². The summed E-state index contributed by atoms with van der Waals surface area (Å²) in [4.78, 5) is 26.1. The maximum atomic E-state index is 12.9. The predicted octanol–water partition coefficient (Wildman–Crippen LogP) is 1.69. The molecule has 3 rings (SSSR count). The Morgan fingerprint density at radius 1 is 1.37 bits per heavy atom. The van der Waals surface area contributed by atoms with Gasteiger partial charge in [0, 0.05) is 25.6 Å². The lowest BCUT2D eigenvalue weighted by Crippen LogP contribution is -2.69. The van der Waals surface area contributed by atoms with Gasteiger partial charge < -0.3 is 26.3 Å². The Balaban J connectivity index is 1.89. The summed E-state index contributed by atoms with van der Waals surface area (Å²) in [5, 5.41) is 3.49. The van der Waals surface area contributed by atoms with E-state index in [0.717, 1.165) is 15.0 Å². The van der Waals surface area contributed by atoms with Crippen molar-refractivity contribution in [2.45, 2.75) is 19.4 Å². The van der Waals surface area contributed by atoms with Crippen molar-refractivity contribution >= 4 is 45.9 Å². The van der Waals surface area contributed by atoms with Crippen LogP contribution in [-0.2, 0) is 9.53 Å². The quantitative estimate of drug-likeness (QED) is 0.544. The number of ether oxygens (including phenoxy) is 2. The summed E-state index contributed by atoms with van der Waals surface area (Å²) in [5.74, 6) is -0.363. The third kappa shape index (κ3) is 3.76. The molecule has 5 N–H and O–H groups in total. The molecule has 1 fully saturated rings. The molecule has 0 aliphatic carbocycles. The van der Waals surface area contributed by atoms with Gasteiger partial charge in [-0.15, -0.1) is 24.0 Å². The first-order chi connectivity index (χ1) is 12.7. The second-order valence-corrected chi connectivity index (χ2v) is 8.30. The number of hydrogen-bond acceptors (Lipinski definition) is 7. The van der Waals surface area contributed by atoms with Crippen molar-refractivity contribution in [3.05, 3.63) is 39.2 Å². The molecule has 2 aromatic rings. The third-order valence-electron chi connectivity index (χ3n) is 4.41. The zero-order valence-electron chi connectivity index (χ0n) is 15.0. The van der Waals surface area contributed by atoms with Crippen molar-refractivity contribution in [3.8, 4) is 5.75 Å². The van der Waals surface area contributed by atoms with Gasteiger partial charge in [-0.1, -0.05) is 0 Å². The summed E-state index contributed by atoms with van der Waals surface area (Å²) in [6, 6.07) is 5.53. The third-order valence-corrected chi connectivity index (χ3v) is 5.98. The van der Waals surface area contributed by atoms with Crippen LogP contribution in [0.3, 0.4) is 0 Å². The first-order valence-corrected chi connectivity index (χ1v) is 9.50. The molecule has 1 aliphatic rings. The molecule has 7 nitrogen and oxygen atoms in total. The summed E-state index contributed by atoms with van der Waals surface area (Å²) in [6.07, 6.45) is 0. The Morgan fingerprint density at radius 2 is 2.07 bits per heavy atom. The van der Waals surface area contributed by atoms with E-state index in [9.17, 15) is 9.59 Å². The van der Waals surface area contributed by atoms with Crippen LogP contribution in [-0.4, -0.2) is 37.2 Å². The number of thiol groups is 1. The second-order valence-electron chi connectivity index (χ2n) is 6.50. The monoisotopic (exact) mass is 407 g/mol. The molecular weight excluding hydrogens is 386 g/mol. The second kappa shape index (κ2) is 7.41. The Labute approximate surface area is 166 Å². The summed E-state index contributed by atoms with van der Waals surface area (Å²) in [7, 11) is 0. The lowest BCUT2D eigenvalue weighted by molar-refractivity contribution is -0.143. The summed E-state index contributed by atoms with van der Waals surface area (Å²) < 4.78 is 11.7. The van der Waals surface area contributed by atoms with Crippen LogP contribution in [0.5, 0.6) is 5.75 Å². The molecule has 2 heterocycles. The van der Waals surface area contributed by atoms with Gasteiger partial charge >= 0.3 is 0 Å². The highest BCUT2D eigenvalue weighted by Crippen LogP contribution is 2.34. The molecule has 0 atom stereocenters. The topological polar surface area (TPSA) is 117 Å². The Bertz CT molecular complexity index is 943. The van der Waals surface area contributed by atoms with Gasteiger partial charge in [0.05, 0.1) is 18.8 Å². The van der Waals surface area contributed by atoms with E-state index in [-0.39, 0.29) is 25.7 Å². The van der Waals surface area contributed by atoms with Gasteiger partial charge in [0.15, 0.2) is 5.54 Å². The van der Waals surface area contributed by atoms with E-state index in [4.69, 9.17) is 20.9 Å². The number of allylic oxidation sites excluding steroid dienone is 1. The van der Waals surface area contributed by atoms with E-state index in [0.29, 0.717) is 21.9 Å². The maximum absolute atomic E-state index is 12.9. The highest BCUT2D eigenvalue weighted by atomic mass is 32.1. The number of primary amides is 1. The van der Waals surface area contributed by atoms with Crippen LogP contribution in [0.1, 0.15) is 22.2 Å². The van der Waals surface area contributed by atoms with Gasteiger partial charge in [-0.3, -0.25) is 9.59 Å². The van der Waals surface area contributed by atoms with Crippen molar-refractivity contribution < 1.29 is 19.1 Å². The van der Waals surface area contributed by atoms with Gasteiger partial charge in [-0.25, -0.2) is 0 Å². The maximum Gasteiger partial charge on any atom is 0.254 e. The molecule has 9 heteroatoms. The van der Waals surface area contributed by atoms with E-state index >= 15 is 0 Å². The molecular formula is C18H21N3O4S2. The van der Waals surface area contributed by atoms with E-state index in [1.165, 1.54) is 11.3 Å². The van der Waals surface area contributed by atoms with E-state index in [2.05, 4.69) is 17.9 Å². The largest absolute Gasteiger partial charge is 0.488 e. The fraction of sp³-hybridized carbons (Fsp3) is 0.333. The molecule has 144 valence electrons. The van der Waals surface area contributed by atoms with Crippen molar-refractivity contribution in [2.75, 3.05) is 19.8 Å². The molecule has 1 aliphatic heterocycles. The lowest BCUT2D eigenvalue weighted by atomic mass is 9.95. The van der Waals surface area contributed by atoms with Gasteiger partial charge in [0.1, 0.15) is 12.4 Å². The zero-order chi connectivity index (χ0) is 19.8. The number of nitrogens with one attached hydrogen (secondary N) is 1. The number of thiophene rings is 1. The fourth-order valence-corrected chi connectivity index (χ4v) is 3.80. The van der Waals surface area contributed by atoms with Crippen molar-refractivity contribution in [2.24, 2.45) is 11.5 Å². The zero-order valence-corrected chi connectivity index (χ0v) is 16.7. The van der Waals surface area contributed by atoms with E-state index in [1.807, 2.05) is 19.1 Å². The van der Waals surface area contributed by atoms with Crippen LogP contribution in [0.25, 0.3) is 10.1 Å². The van der Waals surface area contributed by atoms with E-state index < -0.39 is 11.4 Å². The van der Waals surface area contributed by atoms with Crippen LogP contribution < -0.4 is 21.5 Å². The van der Waals surface area contributed by atoms with E-state index in [1.54, 1.807) is 13.0 Å². The molecule has 1 aromatic carbocycles. The number of rotatable bonds is 6. The number of fused-ring (bicyclic) bond motifs is 1. The smallest absolute Gasteiger partial charge is 0.254 e. The summed E-state index contributed by atoms with van der Waals surface area (Å²) in [5.41, 5.74) is 11.1. The summed E-state index contributed by atoms with van der Waals surface area (Å²) in [6.45, 7) is 4.01. The highest BCUT2D eigenvalue weighted by molar-refractivity contribution is 7.84. The van der Waals surface area contributed by atoms with Crippen LogP contribution in [0.15, 0.2) is 28.8 Å². The highest BCUT2D eigenvalue weighted by Gasteiger charge is 2.46. The molecule has 0 radical (unpaired) electrons. The van der Waals surface area contributed by atoms with Crippen LogP contribution >= 0.6 is 24.0 Å². The molecule has 0 saturated carbocycles. The summed E-state index contributed by atoms with van der Waals surface area (Å²) >= 11 is 5.78. The number of amides is 2. The number of aryl methyl sites for hydroxylation is 1. The van der Waals surface area contributed by atoms with Crippen molar-refractivity contribution in [1.29, 1.82) is 0 Å². The predicted molar refractivity (Wildman–Crippen MR) is 108 cm³/mol. The van der Waals surface area contributed by atoms with Gasteiger partial charge in [-0.2, -0.15) is 0 Å². The molecule has 27 heavy (non-hydrogen) atoms. The molecule has 0 spiro atoms. The fourth-order valence-electron chi connectivity index (χ4n) is 2.70. The average Bonchev–Trinajstić information content (AvgIpc) is 2.90. The number of carbonyl (C=O) groups is 2. The minimum Gasteiger partial charge on any atom is -0.488 e. The van der Waals surface area contributed by atoms with Gasteiger partial charge in [-0.05, 0) is 32.0 Å². The van der Waals surface area contributed by atoms with Crippen molar-refractivity contribution in [1.82, 2.24) is 5.32 Å². The Morgan fingerprint density at radius 3 is 2.63 bits per heavy atom. The van der Waals surface area contributed by atoms with Crippen LogP contribution in [0, 0.1) is 6.92 Å². The molecule has 0 unspecified atom stereocenters. The first kappa shape index (κ1) is 19.5. The number of benzene rings is 1. The average molecular weight is 408 g/mol. The Kier molecular flexibility index (Phi) is 5.36. The number of carbonyl (C=O) groups excluding carboxylic acids is 2. The lowest BCUT2D eigenvalue weighted by Gasteiger charge is -2.38. The molecule has 1 aromatic heterocycles. The first-order valence-electron chi connectivity index (χ1n) is 8.24. The van der Waals surface area contributed by atoms with Crippen molar-refractivity contribution in [3.63, 3.8) is 0 Å². The standard InChI is InChI=1S/C18H21N3O4S2/c1-9(19)13(26)6-25-11-3-4-14-12(5-11)15(10(2)27-14)16(22)21-18(17(20)23)7-24-8-18/h3-5,26H,6-8,19H2,1-2H3,(H2,20,23)(H,21,22)/b13-9-. The van der Waals surface area contributed by atoms with Gasteiger partial charge in [0.25, 0.3) is 5.91 Å². The minimum absolute atomic E-state index is 0.0824. The normalized spacial score (nSPS) is 16.4. The van der Waals surface area contributed by atoms with Crippen LogP contribution in [0.4, 0.5) is 0 Å². The molecule has 2 amide bonds. The Hall–Kier alpha value is -2.23. The van der Waals surface area contributed by atoms with Gasteiger partial charge in [0.2, 0.25) is 5.91 Å². The number of hydrogen-bond donors (Lipinski definition) is 4. The SMILES string of the molecule is C/C(N)=C(/S)COc1ccc2sc(C)c(C(=O)NC3(C(N)=O)COC3)c2c1. The molecule has 0 bridgehead atoms. The minimum atomic E-state index is -1.14. The molecule has 1 saturated heterocycles.